The molecule has 0 bridgehead atoms. The zero-order valence-corrected chi connectivity index (χ0v) is 25.1. The monoisotopic (exact) mass is 549 g/mol. The Morgan fingerprint density at radius 2 is 1.50 bits per heavy atom. The van der Waals surface area contributed by atoms with E-state index in [2.05, 4.69) is 70.3 Å². The lowest BCUT2D eigenvalue weighted by Gasteiger charge is -2.40. The Morgan fingerprint density at radius 1 is 0.950 bits per heavy atom. The summed E-state index contributed by atoms with van der Waals surface area (Å²) in [5.41, 5.74) is 10.7. The van der Waals surface area contributed by atoms with Crippen molar-refractivity contribution in [2.45, 2.75) is 52.9 Å². The second kappa shape index (κ2) is 16.3. The van der Waals surface area contributed by atoms with E-state index < -0.39 is 0 Å². The molecule has 0 radical (unpaired) electrons. The van der Waals surface area contributed by atoms with Gasteiger partial charge in [-0.25, -0.2) is 0 Å². The predicted octanol–water partition coefficient (Wildman–Crippen LogP) is 4.99. The molecule has 40 heavy (non-hydrogen) atoms. The third-order valence-electron chi connectivity index (χ3n) is 8.69. The number of piperazine rings is 1. The first kappa shape index (κ1) is 31.5. The van der Waals surface area contributed by atoms with E-state index in [4.69, 9.17) is 5.73 Å². The number of nitrogens with zero attached hydrogens (tertiary/aromatic N) is 3. The molecule has 0 aromatic heterocycles. The maximum absolute atomic E-state index is 10.9. The maximum Gasteiger partial charge on any atom is 0.219 e. The van der Waals surface area contributed by atoms with Crippen molar-refractivity contribution in [1.82, 2.24) is 10.2 Å². The van der Waals surface area contributed by atoms with Crippen LogP contribution in [0.25, 0.3) is 0 Å². The van der Waals surface area contributed by atoms with Crippen molar-refractivity contribution in [2.75, 3.05) is 68.4 Å². The van der Waals surface area contributed by atoms with E-state index in [0.29, 0.717) is 18.8 Å². The molecule has 2 saturated heterocycles. The van der Waals surface area contributed by atoms with Gasteiger partial charge in [0.1, 0.15) is 6.29 Å². The van der Waals surface area contributed by atoms with Gasteiger partial charge in [-0.1, -0.05) is 38.0 Å². The second-order valence-electron chi connectivity index (χ2n) is 11.5. The van der Waals surface area contributed by atoms with Gasteiger partial charge in [0.15, 0.2) is 0 Å². The van der Waals surface area contributed by atoms with Gasteiger partial charge in [-0.05, 0) is 74.4 Å². The molecule has 2 unspecified atom stereocenters. The number of amides is 1. The molecule has 7 nitrogen and oxygen atoms in total. The summed E-state index contributed by atoms with van der Waals surface area (Å²) in [6, 6.07) is 17.3. The van der Waals surface area contributed by atoms with Crippen LogP contribution in [-0.4, -0.2) is 70.0 Å². The zero-order chi connectivity index (χ0) is 28.9. The average molecular weight is 550 g/mol. The van der Waals surface area contributed by atoms with Crippen molar-refractivity contribution in [1.29, 1.82) is 0 Å². The Bertz CT molecular complexity index is 947. The lowest BCUT2D eigenvalue weighted by atomic mass is 9.89. The normalized spacial score (nSPS) is 17.9. The lowest BCUT2D eigenvalue weighted by Crippen LogP contribution is -2.49. The van der Waals surface area contributed by atoms with Crippen LogP contribution < -0.4 is 20.9 Å². The quantitative estimate of drug-likeness (QED) is 0.321. The SMILES string of the molecule is CCC(C)C(C=O)CCC(=O)NC.Cc1ccc(N2CCN(CC3CCN(c4ccc(N)cc4)CC3)CC2)cc1. The highest BCUT2D eigenvalue weighted by Gasteiger charge is 2.24. The molecule has 2 atom stereocenters. The van der Waals surface area contributed by atoms with Gasteiger partial charge in [-0.15, -0.1) is 0 Å². The van der Waals surface area contributed by atoms with Gasteiger partial charge in [0, 0.05) is 82.3 Å². The molecule has 2 fully saturated rings. The zero-order valence-electron chi connectivity index (χ0n) is 25.1. The number of carbonyl (C=O) groups excluding carboxylic acids is 2. The Kier molecular flexibility index (Phi) is 12.8. The Morgan fingerprint density at radius 3 is 2.02 bits per heavy atom. The van der Waals surface area contributed by atoms with Gasteiger partial charge in [0.25, 0.3) is 0 Å². The molecule has 4 rings (SSSR count). The van der Waals surface area contributed by atoms with Crippen LogP contribution in [0.3, 0.4) is 0 Å². The highest BCUT2D eigenvalue weighted by molar-refractivity contribution is 5.75. The van der Waals surface area contributed by atoms with E-state index in [1.807, 2.05) is 19.1 Å². The second-order valence-corrected chi connectivity index (χ2v) is 11.5. The third kappa shape index (κ3) is 9.84. The molecule has 2 heterocycles. The van der Waals surface area contributed by atoms with Crippen LogP contribution in [0.15, 0.2) is 48.5 Å². The fourth-order valence-electron chi connectivity index (χ4n) is 5.58. The molecule has 2 aromatic carbocycles. The van der Waals surface area contributed by atoms with Gasteiger partial charge in [0.2, 0.25) is 5.91 Å². The number of aryl methyl sites for hydroxylation is 1. The molecule has 3 N–H and O–H groups in total. The standard InChI is InChI=1S/C23H32N4.C10H19NO2/c1-19-2-6-22(7-3-19)27-16-14-25(15-17-27)18-20-10-12-26(13-11-20)23-8-4-21(24)5-9-23;1-4-8(2)9(7-12)5-6-10(13)11-3/h2-9,20H,10-18,24H2,1H3;7-9H,4-6H2,1-3H3,(H,11,13). The number of hydrogen-bond donors (Lipinski definition) is 2. The van der Waals surface area contributed by atoms with Crippen LogP contribution in [0.2, 0.25) is 0 Å². The Hall–Kier alpha value is -3.06. The summed E-state index contributed by atoms with van der Waals surface area (Å²) in [5, 5.41) is 2.55. The van der Waals surface area contributed by atoms with E-state index >= 15 is 0 Å². The molecule has 220 valence electrons. The van der Waals surface area contributed by atoms with Crippen molar-refractivity contribution >= 4 is 29.3 Å². The summed E-state index contributed by atoms with van der Waals surface area (Å²) in [4.78, 5) is 29.3. The van der Waals surface area contributed by atoms with Crippen LogP contribution in [-0.2, 0) is 9.59 Å². The highest BCUT2D eigenvalue weighted by Crippen LogP contribution is 2.25. The maximum atomic E-state index is 10.9. The van der Waals surface area contributed by atoms with E-state index in [0.717, 1.165) is 50.5 Å². The molecule has 2 aliphatic heterocycles. The topological polar surface area (TPSA) is 81.9 Å². The minimum atomic E-state index is 0.00940. The fourth-order valence-corrected chi connectivity index (χ4v) is 5.58. The number of nitrogen functional groups attached to an aromatic ring is 1. The Labute approximate surface area is 242 Å². The van der Waals surface area contributed by atoms with E-state index in [9.17, 15) is 9.59 Å². The number of aldehydes is 1. The van der Waals surface area contributed by atoms with Crippen LogP contribution in [0, 0.1) is 24.7 Å². The number of nitrogens with one attached hydrogen (secondary N) is 1. The van der Waals surface area contributed by atoms with Crippen molar-refractivity contribution in [2.24, 2.45) is 17.8 Å². The fraction of sp³-hybridized carbons (Fsp3) is 0.576. The first-order chi connectivity index (χ1) is 19.3. The first-order valence-corrected chi connectivity index (χ1v) is 15.1. The number of benzene rings is 2. The summed E-state index contributed by atoms with van der Waals surface area (Å²) in [6.45, 7) is 14.5. The number of anilines is 3. The van der Waals surface area contributed by atoms with Crippen LogP contribution >= 0.6 is 0 Å². The van der Waals surface area contributed by atoms with Gasteiger partial charge >= 0.3 is 0 Å². The first-order valence-electron chi connectivity index (χ1n) is 15.1. The largest absolute Gasteiger partial charge is 0.399 e. The minimum Gasteiger partial charge on any atom is -0.399 e. The number of nitrogens with two attached hydrogens (primary N) is 1. The van der Waals surface area contributed by atoms with Crippen molar-refractivity contribution < 1.29 is 9.59 Å². The molecule has 1 amide bonds. The molecular weight excluding hydrogens is 498 g/mol. The summed E-state index contributed by atoms with van der Waals surface area (Å²) in [6.07, 6.45) is 5.65. The third-order valence-corrected chi connectivity index (χ3v) is 8.69. The Balaban J connectivity index is 0.000000289. The van der Waals surface area contributed by atoms with E-state index in [1.165, 1.54) is 49.4 Å². The van der Waals surface area contributed by atoms with Crippen molar-refractivity contribution in [3.05, 3.63) is 54.1 Å². The predicted molar refractivity (Wildman–Crippen MR) is 168 cm³/mol. The number of piperidine rings is 1. The summed E-state index contributed by atoms with van der Waals surface area (Å²) < 4.78 is 0. The minimum absolute atomic E-state index is 0.00940. The van der Waals surface area contributed by atoms with Gasteiger partial charge in [-0.2, -0.15) is 0 Å². The van der Waals surface area contributed by atoms with Crippen molar-refractivity contribution in [3.63, 3.8) is 0 Å². The molecular formula is C33H51N5O2. The van der Waals surface area contributed by atoms with Gasteiger partial charge in [-0.3, -0.25) is 9.69 Å². The molecule has 0 saturated carbocycles. The van der Waals surface area contributed by atoms with E-state index in [-0.39, 0.29) is 11.8 Å². The number of hydrogen-bond acceptors (Lipinski definition) is 6. The lowest BCUT2D eigenvalue weighted by molar-refractivity contribution is -0.121. The molecule has 0 spiro atoms. The van der Waals surface area contributed by atoms with Crippen LogP contribution in [0.5, 0.6) is 0 Å². The van der Waals surface area contributed by atoms with E-state index in [1.54, 1.807) is 7.05 Å². The average Bonchev–Trinajstić information content (AvgIpc) is 2.99. The van der Waals surface area contributed by atoms with Gasteiger partial charge in [0.05, 0.1) is 0 Å². The molecule has 7 heteroatoms. The van der Waals surface area contributed by atoms with Crippen LogP contribution in [0.4, 0.5) is 17.1 Å². The number of rotatable bonds is 10. The van der Waals surface area contributed by atoms with Crippen LogP contribution in [0.1, 0.15) is 51.5 Å². The smallest absolute Gasteiger partial charge is 0.219 e. The summed E-state index contributed by atoms with van der Waals surface area (Å²) in [5.74, 6) is 1.25. The molecule has 2 aromatic rings. The summed E-state index contributed by atoms with van der Waals surface area (Å²) >= 11 is 0. The summed E-state index contributed by atoms with van der Waals surface area (Å²) in [7, 11) is 1.61. The molecule has 0 aliphatic carbocycles. The van der Waals surface area contributed by atoms with Gasteiger partial charge < -0.3 is 25.6 Å². The van der Waals surface area contributed by atoms with Crippen molar-refractivity contribution in [3.8, 4) is 0 Å². The molecule has 2 aliphatic rings. The highest BCUT2D eigenvalue weighted by atomic mass is 16.1. The number of carbonyl (C=O) groups is 2.